The molecular formula is C16H16N2O. The van der Waals surface area contributed by atoms with Crippen molar-refractivity contribution in [3.8, 4) is 11.1 Å². The van der Waals surface area contributed by atoms with E-state index in [9.17, 15) is 0 Å². The van der Waals surface area contributed by atoms with Crippen LogP contribution in [0.4, 0.5) is 0 Å². The molecule has 1 heterocycles. The van der Waals surface area contributed by atoms with Crippen molar-refractivity contribution in [2.45, 2.75) is 13.3 Å². The Morgan fingerprint density at radius 2 is 1.89 bits per heavy atom. The minimum atomic E-state index is 0.115. The van der Waals surface area contributed by atoms with Crippen LogP contribution in [0, 0.1) is 6.92 Å². The van der Waals surface area contributed by atoms with Gasteiger partial charge in [0.1, 0.15) is 5.82 Å². The number of nitrogens with one attached hydrogen (secondary N) is 1. The molecule has 0 aliphatic heterocycles. The van der Waals surface area contributed by atoms with E-state index in [0.717, 1.165) is 22.4 Å². The van der Waals surface area contributed by atoms with Crippen LogP contribution in [0.3, 0.4) is 0 Å². The van der Waals surface area contributed by atoms with E-state index in [1.54, 1.807) is 0 Å². The molecule has 0 bridgehead atoms. The number of aromatic nitrogens is 2. The number of hydrogen-bond acceptors (Lipinski definition) is 2. The summed E-state index contributed by atoms with van der Waals surface area (Å²) in [6.07, 6.45) is 0.564. The summed E-state index contributed by atoms with van der Waals surface area (Å²) in [5, 5.41) is 8.99. The van der Waals surface area contributed by atoms with Crippen molar-refractivity contribution in [3.05, 3.63) is 53.9 Å². The lowest BCUT2D eigenvalue weighted by Gasteiger charge is -2.03. The first kappa shape index (κ1) is 11.9. The topological polar surface area (TPSA) is 48.9 Å². The molecule has 0 radical (unpaired) electrons. The van der Waals surface area contributed by atoms with Crippen LogP contribution in [0.1, 0.15) is 11.4 Å². The molecule has 3 aromatic rings. The molecule has 96 valence electrons. The monoisotopic (exact) mass is 252 g/mol. The van der Waals surface area contributed by atoms with E-state index < -0.39 is 0 Å². The van der Waals surface area contributed by atoms with Crippen molar-refractivity contribution in [1.29, 1.82) is 0 Å². The third-order valence-electron chi connectivity index (χ3n) is 3.28. The number of aliphatic hydroxyl groups excluding tert-OH is 1. The lowest BCUT2D eigenvalue weighted by Crippen LogP contribution is -1.91. The van der Waals surface area contributed by atoms with Crippen LogP contribution < -0.4 is 0 Å². The predicted octanol–water partition coefficient (Wildman–Crippen LogP) is 3.07. The molecule has 0 saturated carbocycles. The number of aliphatic hydroxyl groups is 1. The van der Waals surface area contributed by atoms with Gasteiger partial charge in [0.2, 0.25) is 0 Å². The summed E-state index contributed by atoms with van der Waals surface area (Å²) in [7, 11) is 0. The van der Waals surface area contributed by atoms with Crippen LogP contribution in [0.5, 0.6) is 0 Å². The summed E-state index contributed by atoms with van der Waals surface area (Å²) in [5.74, 6) is 0.839. The molecule has 0 aliphatic carbocycles. The van der Waals surface area contributed by atoms with E-state index in [0.29, 0.717) is 6.42 Å². The van der Waals surface area contributed by atoms with Crippen LogP contribution >= 0.6 is 0 Å². The molecule has 2 aromatic carbocycles. The first-order valence-corrected chi connectivity index (χ1v) is 6.43. The average Bonchev–Trinajstić information content (AvgIpc) is 2.83. The lowest BCUT2D eigenvalue weighted by molar-refractivity contribution is 0.297. The van der Waals surface area contributed by atoms with Crippen molar-refractivity contribution in [2.75, 3.05) is 6.61 Å². The van der Waals surface area contributed by atoms with E-state index in [4.69, 9.17) is 5.11 Å². The molecule has 3 rings (SSSR count). The van der Waals surface area contributed by atoms with E-state index in [2.05, 4.69) is 41.2 Å². The molecule has 0 spiro atoms. The summed E-state index contributed by atoms with van der Waals surface area (Å²) in [6, 6.07) is 14.6. The molecule has 3 heteroatoms. The summed E-state index contributed by atoms with van der Waals surface area (Å²) in [4.78, 5) is 7.80. The van der Waals surface area contributed by atoms with Gasteiger partial charge in [-0.05, 0) is 35.7 Å². The molecule has 0 fully saturated rings. The Hall–Kier alpha value is -2.13. The van der Waals surface area contributed by atoms with Gasteiger partial charge in [-0.1, -0.05) is 30.3 Å². The van der Waals surface area contributed by atoms with Crippen molar-refractivity contribution < 1.29 is 5.11 Å². The second-order valence-electron chi connectivity index (χ2n) is 4.71. The number of H-pyrrole nitrogens is 1. The number of fused-ring (bicyclic) bond motifs is 1. The van der Waals surface area contributed by atoms with Gasteiger partial charge >= 0.3 is 0 Å². The number of imidazole rings is 1. The maximum atomic E-state index is 8.99. The van der Waals surface area contributed by atoms with Crippen molar-refractivity contribution in [1.82, 2.24) is 9.97 Å². The van der Waals surface area contributed by atoms with Gasteiger partial charge in [0.05, 0.1) is 17.6 Å². The number of benzene rings is 2. The molecule has 19 heavy (non-hydrogen) atoms. The average molecular weight is 252 g/mol. The van der Waals surface area contributed by atoms with E-state index in [-0.39, 0.29) is 6.61 Å². The van der Waals surface area contributed by atoms with E-state index in [1.807, 2.05) is 18.2 Å². The molecule has 3 nitrogen and oxygen atoms in total. The largest absolute Gasteiger partial charge is 0.396 e. The number of aromatic amines is 1. The summed E-state index contributed by atoms with van der Waals surface area (Å²) in [6.45, 7) is 2.18. The van der Waals surface area contributed by atoms with Gasteiger partial charge in [0.15, 0.2) is 0 Å². The second kappa shape index (κ2) is 4.86. The lowest BCUT2D eigenvalue weighted by atomic mass is 10.0. The van der Waals surface area contributed by atoms with Crippen LogP contribution in [0.2, 0.25) is 0 Å². The third-order valence-corrected chi connectivity index (χ3v) is 3.28. The van der Waals surface area contributed by atoms with Gasteiger partial charge in [-0.3, -0.25) is 0 Å². The first-order valence-electron chi connectivity index (χ1n) is 6.43. The Morgan fingerprint density at radius 1 is 1.11 bits per heavy atom. The summed E-state index contributed by atoms with van der Waals surface area (Å²) < 4.78 is 0. The SMILES string of the molecule is Cc1cc(-c2ccccc2)cc2[nH]c(CCO)nc12. The van der Waals surface area contributed by atoms with Crippen LogP contribution in [-0.2, 0) is 6.42 Å². The van der Waals surface area contributed by atoms with Crippen LogP contribution in [0.15, 0.2) is 42.5 Å². The zero-order valence-electron chi connectivity index (χ0n) is 10.9. The summed E-state index contributed by atoms with van der Waals surface area (Å²) >= 11 is 0. The highest BCUT2D eigenvalue weighted by molar-refractivity contribution is 5.85. The van der Waals surface area contributed by atoms with Gasteiger partial charge < -0.3 is 10.1 Å². The van der Waals surface area contributed by atoms with Crippen LogP contribution in [0.25, 0.3) is 22.2 Å². The van der Waals surface area contributed by atoms with E-state index >= 15 is 0 Å². The number of aryl methyl sites for hydroxylation is 1. The van der Waals surface area contributed by atoms with Gasteiger partial charge in [-0.15, -0.1) is 0 Å². The predicted molar refractivity (Wildman–Crippen MR) is 77.1 cm³/mol. The highest BCUT2D eigenvalue weighted by atomic mass is 16.3. The van der Waals surface area contributed by atoms with Gasteiger partial charge in [0.25, 0.3) is 0 Å². The minimum absolute atomic E-state index is 0.115. The molecule has 0 amide bonds. The van der Waals surface area contributed by atoms with E-state index in [1.165, 1.54) is 11.1 Å². The maximum absolute atomic E-state index is 8.99. The standard InChI is InChI=1S/C16H16N2O/c1-11-9-13(12-5-3-2-4-6-12)10-14-16(11)18-15(17-14)7-8-19/h2-6,9-10,19H,7-8H2,1H3,(H,17,18). The van der Waals surface area contributed by atoms with Crippen molar-refractivity contribution in [2.24, 2.45) is 0 Å². The van der Waals surface area contributed by atoms with Crippen molar-refractivity contribution >= 4 is 11.0 Å². The smallest absolute Gasteiger partial charge is 0.109 e. The number of hydrogen-bond donors (Lipinski definition) is 2. The normalized spacial score (nSPS) is 11.1. The molecular weight excluding hydrogens is 236 g/mol. The molecule has 1 aromatic heterocycles. The quantitative estimate of drug-likeness (QED) is 0.752. The zero-order chi connectivity index (χ0) is 13.2. The first-order chi connectivity index (χ1) is 9.28. The Kier molecular flexibility index (Phi) is 3.05. The Bertz CT molecular complexity index is 701. The highest BCUT2D eigenvalue weighted by Crippen LogP contribution is 2.26. The van der Waals surface area contributed by atoms with Crippen LogP contribution in [-0.4, -0.2) is 21.7 Å². The fourth-order valence-corrected chi connectivity index (χ4v) is 2.36. The highest BCUT2D eigenvalue weighted by Gasteiger charge is 2.08. The Balaban J connectivity index is 2.13. The van der Waals surface area contributed by atoms with Gasteiger partial charge in [-0.25, -0.2) is 4.98 Å². The zero-order valence-corrected chi connectivity index (χ0v) is 10.9. The third kappa shape index (κ3) is 2.25. The Morgan fingerprint density at radius 3 is 2.63 bits per heavy atom. The van der Waals surface area contributed by atoms with Gasteiger partial charge in [0, 0.05) is 6.42 Å². The van der Waals surface area contributed by atoms with Gasteiger partial charge in [-0.2, -0.15) is 0 Å². The number of nitrogens with zero attached hydrogens (tertiary/aromatic N) is 1. The fourth-order valence-electron chi connectivity index (χ4n) is 2.36. The molecule has 0 atom stereocenters. The Labute approximate surface area is 111 Å². The second-order valence-corrected chi connectivity index (χ2v) is 4.71. The molecule has 0 unspecified atom stereocenters. The minimum Gasteiger partial charge on any atom is -0.396 e. The molecule has 0 aliphatic rings. The summed E-state index contributed by atoms with van der Waals surface area (Å²) in [5.41, 5.74) is 5.55. The number of rotatable bonds is 3. The fraction of sp³-hybridized carbons (Fsp3) is 0.188. The maximum Gasteiger partial charge on any atom is 0.109 e. The molecule has 0 saturated heterocycles. The molecule has 2 N–H and O–H groups in total. The van der Waals surface area contributed by atoms with Crippen molar-refractivity contribution in [3.63, 3.8) is 0 Å².